The molecule has 2 heteroatoms. The summed E-state index contributed by atoms with van der Waals surface area (Å²) in [6.07, 6.45) is -0.500. The molecule has 1 N–H and O–H groups in total. The quantitative estimate of drug-likeness (QED) is 0.700. The Morgan fingerprint density at radius 1 is 1.23 bits per heavy atom. The fourth-order valence-corrected chi connectivity index (χ4v) is 1.32. The van der Waals surface area contributed by atoms with Gasteiger partial charge in [-0.15, -0.1) is 0 Å². The SMILES string of the molecule is Cc1ccc(C)c(C(O)N(C)C)c1. The Kier molecular flexibility index (Phi) is 3.07. The van der Waals surface area contributed by atoms with Crippen LogP contribution in [0.2, 0.25) is 0 Å². The van der Waals surface area contributed by atoms with E-state index in [0.717, 1.165) is 11.1 Å². The second-order valence-electron chi connectivity index (χ2n) is 3.70. The lowest BCUT2D eigenvalue weighted by Crippen LogP contribution is -2.20. The van der Waals surface area contributed by atoms with Crippen LogP contribution in [0, 0.1) is 13.8 Å². The van der Waals surface area contributed by atoms with Crippen LogP contribution in [0.3, 0.4) is 0 Å². The van der Waals surface area contributed by atoms with Crippen molar-refractivity contribution < 1.29 is 5.11 Å². The standard InChI is InChI=1S/C11H17NO/c1-8-5-6-9(2)10(7-8)11(13)12(3)4/h5-7,11,13H,1-4H3. The molecule has 0 amide bonds. The monoisotopic (exact) mass is 179 g/mol. The van der Waals surface area contributed by atoms with Gasteiger partial charge in [0.25, 0.3) is 0 Å². The molecule has 0 heterocycles. The summed E-state index contributed by atoms with van der Waals surface area (Å²) in [7, 11) is 3.74. The van der Waals surface area contributed by atoms with Crippen LogP contribution in [0.4, 0.5) is 0 Å². The predicted molar refractivity (Wildman–Crippen MR) is 54.6 cm³/mol. The van der Waals surface area contributed by atoms with Crippen molar-refractivity contribution >= 4 is 0 Å². The molecule has 0 bridgehead atoms. The lowest BCUT2D eigenvalue weighted by molar-refractivity contribution is 0.0390. The van der Waals surface area contributed by atoms with E-state index in [-0.39, 0.29) is 0 Å². The summed E-state index contributed by atoms with van der Waals surface area (Å²) in [4.78, 5) is 1.79. The van der Waals surface area contributed by atoms with Gasteiger partial charge < -0.3 is 5.11 Å². The molecule has 1 rings (SSSR count). The van der Waals surface area contributed by atoms with Crippen LogP contribution in [0.1, 0.15) is 22.9 Å². The third-order valence-corrected chi connectivity index (χ3v) is 2.20. The van der Waals surface area contributed by atoms with Crippen molar-refractivity contribution in [2.24, 2.45) is 0 Å². The normalized spacial score (nSPS) is 13.4. The largest absolute Gasteiger partial charge is 0.374 e. The van der Waals surface area contributed by atoms with Gasteiger partial charge in [-0.2, -0.15) is 0 Å². The average molecular weight is 179 g/mol. The van der Waals surface area contributed by atoms with Crippen molar-refractivity contribution in [1.82, 2.24) is 4.90 Å². The summed E-state index contributed by atoms with van der Waals surface area (Å²) < 4.78 is 0. The molecule has 0 aliphatic carbocycles. The van der Waals surface area contributed by atoms with Crippen LogP contribution in [-0.2, 0) is 0 Å². The topological polar surface area (TPSA) is 23.5 Å². The van der Waals surface area contributed by atoms with Crippen molar-refractivity contribution in [2.75, 3.05) is 14.1 Å². The molecule has 0 spiro atoms. The van der Waals surface area contributed by atoms with E-state index in [1.165, 1.54) is 5.56 Å². The zero-order valence-corrected chi connectivity index (χ0v) is 8.70. The third kappa shape index (κ3) is 2.29. The zero-order valence-electron chi connectivity index (χ0n) is 8.70. The summed E-state index contributed by atoms with van der Waals surface area (Å²) in [6, 6.07) is 6.12. The van der Waals surface area contributed by atoms with E-state index < -0.39 is 6.23 Å². The summed E-state index contributed by atoms with van der Waals surface area (Å²) in [5.41, 5.74) is 3.30. The van der Waals surface area contributed by atoms with Gasteiger partial charge in [0.2, 0.25) is 0 Å². The van der Waals surface area contributed by atoms with E-state index in [1.54, 1.807) is 4.90 Å². The van der Waals surface area contributed by atoms with Gasteiger partial charge in [0.05, 0.1) is 0 Å². The molecule has 72 valence electrons. The number of aliphatic hydroxyl groups is 1. The van der Waals surface area contributed by atoms with Gasteiger partial charge >= 0.3 is 0 Å². The molecule has 2 nitrogen and oxygen atoms in total. The highest BCUT2D eigenvalue weighted by Crippen LogP contribution is 2.20. The first-order chi connectivity index (χ1) is 6.02. The van der Waals surface area contributed by atoms with Gasteiger partial charge in [0.1, 0.15) is 6.23 Å². The number of rotatable bonds is 2. The number of benzene rings is 1. The maximum atomic E-state index is 9.83. The first-order valence-corrected chi connectivity index (χ1v) is 4.44. The Morgan fingerprint density at radius 2 is 1.85 bits per heavy atom. The zero-order chi connectivity index (χ0) is 10.0. The lowest BCUT2D eigenvalue weighted by atomic mass is 10.0. The van der Waals surface area contributed by atoms with Crippen molar-refractivity contribution in [3.8, 4) is 0 Å². The van der Waals surface area contributed by atoms with Gasteiger partial charge in [-0.3, -0.25) is 4.90 Å². The minimum absolute atomic E-state index is 0.500. The summed E-state index contributed by atoms with van der Waals surface area (Å²) in [5, 5.41) is 9.83. The van der Waals surface area contributed by atoms with Crippen molar-refractivity contribution in [3.05, 3.63) is 34.9 Å². The third-order valence-electron chi connectivity index (χ3n) is 2.20. The Balaban J connectivity index is 3.05. The molecular weight excluding hydrogens is 162 g/mol. The van der Waals surface area contributed by atoms with Crippen LogP contribution in [0.25, 0.3) is 0 Å². The molecule has 0 fully saturated rings. The van der Waals surface area contributed by atoms with Crippen LogP contribution in [0.5, 0.6) is 0 Å². The molecule has 1 atom stereocenters. The van der Waals surface area contributed by atoms with Crippen LogP contribution in [-0.4, -0.2) is 24.1 Å². The van der Waals surface area contributed by atoms with Crippen LogP contribution >= 0.6 is 0 Å². The van der Waals surface area contributed by atoms with Gasteiger partial charge in [0.15, 0.2) is 0 Å². The molecule has 1 unspecified atom stereocenters. The number of aryl methyl sites for hydroxylation is 2. The second-order valence-corrected chi connectivity index (χ2v) is 3.70. The Labute approximate surface area is 79.8 Å². The van der Waals surface area contributed by atoms with Crippen molar-refractivity contribution in [2.45, 2.75) is 20.1 Å². The first kappa shape index (κ1) is 10.2. The molecular formula is C11H17NO. The van der Waals surface area contributed by atoms with Gasteiger partial charge in [-0.25, -0.2) is 0 Å². The van der Waals surface area contributed by atoms with E-state index in [2.05, 4.69) is 6.07 Å². The maximum absolute atomic E-state index is 9.83. The highest BCUT2D eigenvalue weighted by atomic mass is 16.3. The molecule has 0 aliphatic rings. The van der Waals surface area contributed by atoms with E-state index in [1.807, 2.05) is 40.1 Å². The summed E-state index contributed by atoms with van der Waals surface area (Å²) in [6.45, 7) is 4.05. The van der Waals surface area contributed by atoms with Gasteiger partial charge in [-0.05, 0) is 39.1 Å². The molecule has 0 saturated carbocycles. The smallest absolute Gasteiger partial charge is 0.133 e. The number of nitrogens with zero attached hydrogens (tertiary/aromatic N) is 1. The number of hydrogen-bond donors (Lipinski definition) is 1. The van der Waals surface area contributed by atoms with Crippen molar-refractivity contribution in [1.29, 1.82) is 0 Å². The molecule has 0 aromatic heterocycles. The molecule has 0 saturated heterocycles. The van der Waals surface area contributed by atoms with Crippen LogP contribution < -0.4 is 0 Å². The Morgan fingerprint density at radius 3 is 2.38 bits per heavy atom. The van der Waals surface area contributed by atoms with E-state index in [4.69, 9.17) is 0 Å². The first-order valence-electron chi connectivity index (χ1n) is 4.44. The van der Waals surface area contributed by atoms with Gasteiger partial charge in [0, 0.05) is 0 Å². The lowest BCUT2D eigenvalue weighted by Gasteiger charge is -2.20. The number of aliphatic hydroxyl groups excluding tert-OH is 1. The van der Waals surface area contributed by atoms with E-state index in [0.29, 0.717) is 0 Å². The Bertz CT molecular complexity index is 294. The highest BCUT2D eigenvalue weighted by molar-refractivity contribution is 5.31. The molecule has 1 aromatic rings. The minimum atomic E-state index is -0.500. The molecule has 13 heavy (non-hydrogen) atoms. The summed E-state index contributed by atoms with van der Waals surface area (Å²) in [5.74, 6) is 0. The van der Waals surface area contributed by atoms with Crippen molar-refractivity contribution in [3.63, 3.8) is 0 Å². The fourth-order valence-electron chi connectivity index (χ4n) is 1.32. The predicted octanol–water partition coefficient (Wildman–Crippen LogP) is 1.86. The molecule has 1 aromatic carbocycles. The number of hydrogen-bond acceptors (Lipinski definition) is 2. The molecule has 0 aliphatic heterocycles. The summed E-state index contributed by atoms with van der Waals surface area (Å²) >= 11 is 0. The second kappa shape index (κ2) is 3.90. The van der Waals surface area contributed by atoms with E-state index in [9.17, 15) is 5.11 Å². The maximum Gasteiger partial charge on any atom is 0.133 e. The Hall–Kier alpha value is -0.860. The average Bonchev–Trinajstić information content (AvgIpc) is 2.08. The highest BCUT2D eigenvalue weighted by Gasteiger charge is 2.11. The fraction of sp³-hybridized carbons (Fsp3) is 0.455. The van der Waals surface area contributed by atoms with Crippen LogP contribution in [0.15, 0.2) is 18.2 Å². The van der Waals surface area contributed by atoms with E-state index >= 15 is 0 Å². The minimum Gasteiger partial charge on any atom is -0.374 e. The van der Waals surface area contributed by atoms with Gasteiger partial charge in [-0.1, -0.05) is 23.8 Å². The molecule has 0 radical (unpaired) electrons.